The van der Waals surface area contributed by atoms with Crippen LogP contribution in [0.25, 0.3) is 0 Å². The minimum atomic E-state index is -4.70. The highest BCUT2D eigenvalue weighted by molar-refractivity contribution is 7.45. The van der Waals surface area contributed by atoms with E-state index < -0.39 is 20.0 Å². The number of ether oxygens (including phenoxy) is 1. The number of nitrogens with zero attached hydrogens (tertiary/aromatic N) is 1. The predicted octanol–water partition coefficient (Wildman–Crippen LogP) is 21.2. The van der Waals surface area contributed by atoms with Crippen molar-refractivity contribution in [3.63, 3.8) is 0 Å². The number of phosphoric ester groups is 1. The monoisotopic (exact) mass is 1150 g/mol. The number of carbonyl (C=O) groups is 2. The van der Waals surface area contributed by atoms with Crippen LogP contribution in [0.3, 0.4) is 0 Å². The number of unbranched alkanes of at least 4 members (excludes halogenated alkanes) is 44. The third-order valence-corrected chi connectivity index (χ3v) is 16.8. The van der Waals surface area contributed by atoms with E-state index in [1.165, 1.54) is 250 Å². The molecule has 0 aromatic rings. The molecule has 0 aliphatic rings. The lowest BCUT2D eigenvalue weighted by molar-refractivity contribution is -0.870. The third kappa shape index (κ3) is 60.8. The van der Waals surface area contributed by atoms with Crippen LogP contribution in [0.1, 0.15) is 348 Å². The molecule has 3 atom stereocenters. The lowest BCUT2D eigenvalue weighted by atomic mass is 10.0. The van der Waals surface area contributed by atoms with E-state index in [-0.39, 0.29) is 31.5 Å². The molecule has 0 radical (unpaired) electrons. The molecule has 0 aromatic carbocycles. The average molecular weight is 1150 g/mol. The summed E-state index contributed by atoms with van der Waals surface area (Å²) in [5.74, 6) is -0.522. The number of amides is 1. The number of esters is 1. The molecule has 10 heteroatoms. The summed E-state index contributed by atoms with van der Waals surface area (Å²) >= 11 is 0. The fourth-order valence-electron chi connectivity index (χ4n) is 10.4. The van der Waals surface area contributed by atoms with Gasteiger partial charge in [-0.05, 0) is 63.9 Å². The Labute approximate surface area is 497 Å². The van der Waals surface area contributed by atoms with Crippen LogP contribution < -0.4 is 10.2 Å². The summed E-state index contributed by atoms with van der Waals surface area (Å²) in [7, 11) is 1.20. The molecule has 9 nitrogen and oxygen atoms in total. The van der Waals surface area contributed by atoms with Gasteiger partial charge in [0.05, 0.1) is 33.8 Å². The van der Waals surface area contributed by atoms with Crippen molar-refractivity contribution in [1.29, 1.82) is 0 Å². The zero-order valence-corrected chi connectivity index (χ0v) is 54.9. The summed E-state index contributed by atoms with van der Waals surface area (Å²) in [6.07, 6.45) is 74.0. The zero-order valence-electron chi connectivity index (χ0n) is 54.1. The van der Waals surface area contributed by atoms with E-state index in [1.54, 1.807) is 0 Å². The Morgan fingerprint density at radius 1 is 0.438 bits per heavy atom. The highest BCUT2D eigenvalue weighted by Crippen LogP contribution is 2.38. The van der Waals surface area contributed by atoms with Crippen molar-refractivity contribution in [3.05, 3.63) is 36.5 Å². The minimum absolute atomic E-state index is 0.0192. The van der Waals surface area contributed by atoms with Gasteiger partial charge in [0.25, 0.3) is 7.82 Å². The van der Waals surface area contributed by atoms with Crippen LogP contribution in [-0.2, 0) is 27.9 Å². The minimum Gasteiger partial charge on any atom is -0.756 e. The number of likely N-dealkylation sites (N-methyl/N-ethyl adjacent to an activating group) is 1. The SMILES string of the molecule is CCCCC/C=C\C/C=C\CCCCCCCCCCCCCCCC(=O)OC(/C=C/CCCCCCCCCCCC)C(COP(=O)([O-])OCC[N+](C)(C)C)NC(=O)CCCCCCCCCCCCCCCCCCCCC. The summed E-state index contributed by atoms with van der Waals surface area (Å²) in [6.45, 7) is 6.88. The lowest BCUT2D eigenvalue weighted by Gasteiger charge is -2.30. The van der Waals surface area contributed by atoms with Crippen LogP contribution in [0, 0.1) is 0 Å². The van der Waals surface area contributed by atoms with Gasteiger partial charge in [-0.1, -0.05) is 308 Å². The summed E-state index contributed by atoms with van der Waals surface area (Å²) in [5.41, 5.74) is 0. The number of nitrogens with one attached hydrogen (secondary N) is 1. The Morgan fingerprint density at radius 3 is 1.15 bits per heavy atom. The van der Waals surface area contributed by atoms with Gasteiger partial charge in [-0.2, -0.15) is 0 Å². The Morgan fingerprint density at radius 2 is 0.762 bits per heavy atom. The molecule has 0 saturated carbocycles. The molecule has 80 heavy (non-hydrogen) atoms. The van der Waals surface area contributed by atoms with Gasteiger partial charge >= 0.3 is 5.97 Å². The zero-order chi connectivity index (χ0) is 58.6. The maximum absolute atomic E-state index is 13.6. The van der Waals surface area contributed by atoms with Crippen molar-refractivity contribution in [3.8, 4) is 0 Å². The highest BCUT2D eigenvalue weighted by atomic mass is 31.2. The Kier molecular flexibility index (Phi) is 59.0. The van der Waals surface area contributed by atoms with Crippen molar-refractivity contribution in [2.75, 3.05) is 40.9 Å². The van der Waals surface area contributed by atoms with Crippen LogP contribution in [0.15, 0.2) is 36.5 Å². The van der Waals surface area contributed by atoms with E-state index in [0.717, 1.165) is 64.2 Å². The quantitative estimate of drug-likeness (QED) is 0.0212. The van der Waals surface area contributed by atoms with Gasteiger partial charge in [0.15, 0.2) is 0 Å². The molecular weight excluding hydrogens is 1010 g/mol. The number of hydrogen-bond donors (Lipinski definition) is 1. The summed E-state index contributed by atoms with van der Waals surface area (Å²) in [5, 5.41) is 3.05. The van der Waals surface area contributed by atoms with Crippen LogP contribution in [0.4, 0.5) is 0 Å². The molecule has 0 bridgehead atoms. The van der Waals surface area contributed by atoms with E-state index in [1.807, 2.05) is 33.3 Å². The molecule has 3 unspecified atom stereocenters. The topological polar surface area (TPSA) is 114 Å². The molecular formula is C70H135N2O7P. The van der Waals surface area contributed by atoms with E-state index >= 15 is 0 Å². The van der Waals surface area contributed by atoms with E-state index in [9.17, 15) is 19.0 Å². The summed E-state index contributed by atoms with van der Waals surface area (Å²) in [4.78, 5) is 40.1. The molecule has 1 amide bonds. The van der Waals surface area contributed by atoms with Gasteiger partial charge in [0.2, 0.25) is 5.91 Å². The van der Waals surface area contributed by atoms with Gasteiger partial charge in [-0.15, -0.1) is 0 Å². The number of hydrogen-bond acceptors (Lipinski definition) is 7. The maximum Gasteiger partial charge on any atom is 0.306 e. The maximum atomic E-state index is 13.6. The summed E-state index contributed by atoms with van der Waals surface area (Å²) in [6, 6.07) is -0.884. The van der Waals surface area contributed by atoms with Crippen LogP contribution in [0.2, 0.25) is 0 Å². The molecule has 0 saturated heterocycles. The number of allylic oxidation sites excluding steroid dienone is 5. The molecule has 1 N–H and O–H groups in total. The van der Waals surface area contributed by atoms with Gasteiger partial charge < -0.3 is 28.5 Å². The predicted molar refractivity (Wildman–Crippen MR) is 344 cm³/mol. The molecule has 0 aromatic heterocycles. The standard InChI is InChI=1S/C70H135N2O7P/c1-7-10-13-16-19-22-25-28-30-32-34-35-36-37-39-41-43-45-48-51-54-57-60-63-70(74)79-68(61-58-55-52-49-46-27-24-21-18-15-12-9-3)67(66-78-80(75,76)77-65-64-72(4,5)6)71-69(73)62-59-56-53-50-47-44-42-40-38-33-31-29-26-23-20-17-14-11-8-2/h19,22,28,30,58,61,67-68H,7-18,20-21,23-27,29,31-57,59-60,62-66H2,1-6H3,(H-,71,73,75,76)/b22-19-,30-28-,61-58+. The molecule has 0 heterocycles. The number of quaternary nitrogens is 1. The van der Waals surface area contributed by atoms with E-state index in [2.05, 4.69) is 50.4 Å². The largest absolute Gasteiger partial charge is 0.756 e. The molecule has 0 rings (SSSR count). The first-order valence-electron chi connectivity index (χ1n) is 34.8. The normalized spacial score (nSPS) is 13.7. The smallest absolute Gasteiger partial charge is 0.306 e. The lowest BCUT2D eigenvalue weighted by Crippen LogP contribution is -2.47. The van der Waals surface area contributed by atoms with Gasteiger partial charge in [0.1, 0.15) is 19.3 Å². The van der Waals surface area contributed by atoms with Gasteiger partial charge in [0, 0.05) is 12.8 Å². The highest BCUT2D eigenvalue weighted by Gasteiger charge is 2.27. The summed E-state index contributed by atoms with van der Waals surface area (Å²) < 4.78 is 30.4. The van der Waals surface area contributed by atoms with Crippen LogP contribution in [-0.4, -0.2) is 69.4 Å². The first kappa shape index (κ1) is 78.2. The molecule has 472 valence electrons. The number of rotatable bonds is 64. The first-order chi connectivity index (χ1) is 38.9. The number of phosphoric acid groups is 1. The third-order valence-electron chi connectivity index (χ3n) is 15.8. The Balaban J connectivity index is 5.07. The number of carbonyl (C=O) groups excluding carboxylic acids is 2. The fraction of sp³-hybridized carbons (Fsp3) is 0.886. The van der Waals surface area contributed by atoms with Gasteiger partial charge in [-0.25, -0.2) is 0 Å². The first-order valence-corrected chi connectivity index (χ1v) is 36.3. The Bertz CT molecular complexity index is 1460. The van der Waals surface area contributed by atoms with Crippen LogP contribution in [0.5, 0.6) is 0 Å². The van der Waals surface area contributed by atoms with E-state index in [0.29, 0.717) is 17.4 Å². The molecule has 0 aliphatic carbocycles. The molecule has 0 fully saturated rings. The van der Waals surface area contributed by atoms with Crippen molar-refractivity contribution in [2.24, 2.45) is 0 Å². The second kappa shape index (κ2) is 60.4. The average Bonchev–Trinajstić information content (AvgIpc) is 3.43. The van der Waals surface area contributed by atoms with Gasteiger partial charge in [-0.3, -0.25) is 14.2 Å². The second-order valence-electron chi connectivity index (χ2n) is 25.0. The van der Waals surface area contributed by atoms with Crippen LogP contribution >= 0.6 is 7.82 Å². The second-order valence-corrected chi connectivity index (χ2v) is 26.5. The van der Waals surface area contributed by atoms with E-state index in [4.69, 9.17) is 13.8 Å². The van der Waals surface area contributed by atoms with Crippen molar-refractivity contribution in [1.82, 2.24) is 5.32 Å². The molecule has 0 spiro atoms. The van der Waals surface area contributed by atoms with Crippen molar-refractivity contribution < 1.29 is 37.3 Å². The Hall–Kier alpha value is -1.77. The van der Waals surface area contributed by atoms with Crippen molar-refractivity contribution in [2.45, 2.75) is 360 Å². The van der Waals surface area contributed by atoms with Crippen molar-refractivity contribution >= 4 is 19.7 Å². The fourth-order valence-corrected chi connectivity index (χ4v) is 11.2. The molecule has 0 aliphatic heterocycles.